The molecule has 0 unspecified atom stereocenters. The van der Waals surface area contributed by atoms with Crippen molar-refractivity contribution in [2.24, 2.45) is 0 Å². The minimum atomic E-state index is -0.582. The highest BCUT2D eigenvalue weighted by molar-refractivity contribution is 8.18. The summed E-state index contributed by atoms with van der Waals surface area (Å²) < 4.78 is 24.1. The lowest BCUT2D eigenvalue weighted by atomic mass is 10.1. The molecule has 1 aliphatic rings. The van der Waals surface area contributed by atoms with Crippen LogP contribution in [0.3, 0.4) is 0 Å². The number of amides is 3. The van der Waals surface area contributed by atoms with Crippen molar-refractivity contribution in [3.8, 4) is 11.5 Å². The van der Waals surface area contributed by atoms with E-state index in [4.69, 9.17) is 21.1 Å². The lowest BCUT2D eigenvalue weighted by Gasteiger charge is -2.13. The molecule has 184 valence electrons. The van der Waals surface area contributed by atoms with Gasteiger partial charge in [0.1, 0.15) is 30.5 Å². The number of halogens is 2. The lowest BCUT2D eigenvalue weighted by molar-refractivity contribution is -0.127. The maximum Gasteiger partial charge on any atom is 0.294 e. The smallest absolute Gasteiger partial charge is 0.294 e. The molecule has 3 aromatic rings. The van der Waals surface area contributed by atoms with Crippen LogP contribution in [-0.4, -0.2) is 35.6 Å². The van der Waals surface area contributed by atoms with E-state index in [1.165, 1.54) is 25.3 Å². The van der Waals surface area contributed by atoms with E-state index in [0.717, 1.165) is 22.2 Å². The maximum absolute atomic E-state index is 13.1. The summed E-state index contributed by atoms with van der Waals surface area (Å²) in [5.41, 5.74) is 1.76. The Kier molecular flexibility index (Phi) is 7.92. The third-order valence-electron chi connectivity index (χ3n) is 5.12. The summed E-state index contributed by atoms with van der Waals surface area (Å²) in [4.78, 5) is 38.9. The van der Waals surface area contributed by atoms with Crippen molar-refractivity contribution < 1.29 is 28.2 Å². The quantitative estimate of drug-likeness (QED) is 0.377. The number of benzene rings is 3. The van der Waals surface area contributed by atoms with Crippen molar-refractivity contribution in [2.75, 3.05) is 19.0 Å². The molecule has 0 bridgehead atoms. The third-order valence-corrected chi connectivity index (χ3v) is 6.33. The van der Waals surface area contributed by atoms with Crippen LogP contribution < -0.4 is 14.8 Å². The molecule has 10 heteroatoms. The lowest BCUT2D eigenvalue weighted by Crippen LogP contribution is -2.36. The average molecular weight is 527 g/mol. The standard InChI is InChI=1S/C26H20ClFN2O5S/c1-34-22-11-10-19(13-20(22)27)29-24(31)14-30-25(32)23(36-26(30)33)12-17-4-2-3-5-21(17)35-15-16-6-8-18(28)9-7-16/h2-13H,14-15H2,1H3,(H,29,31)/b23-12-. The first-order valence-electron chi connectivity index (χ1n) is 10.7. The third kappa shape index (κ3) is 6.05. The summed E-state index contributed by atoms with van der Waals surface area (Å²) >= 11 is 6.81. The Labute approximate surface area is 215 Å². The van der Waals surface area contributed by atoms with E-state index in [1.807, 2.05) is 0 Å². The summed E-state index contributed by atoms with van der Waals surface area (Å²) in [6.07, 6.45) is 1.55. The van der Waals surface area contributed by atoms with Gasteiger partial charge >= 0.3 is 0 Å². The van der Waals surface area contributed by atoms with Crippen LogP contribution in [-0.2, 0) is 16.2 Å². The number of carbonyl (C=O) groups excluding carboxylic acids is 3. The van der Waals surface area contributed by atoms with Crippen LogP contribution in [0.1, 0.15) is 11.1 Å². The van der Waals surface area contributed by atoms with Crippen molar-refractivity contribution >= 4 is 52.2 Å². The van der Waals surface area contributed by atoms with Crippen LogP contribution in [0.25, 0.3) is 6.08 Å². The molecular weight excluding hydrogens is 507 g/mol. The van der Waals surface area contributed by atoms with Gasteiger partial charge in [-0.1, -0.05) is 41.9 Å². The molecule has 0 aromatic heterocycles. The zero-order valence-electron chi connectivity index (χ0n) is 19.0. The van der Waals surface area contributed by atoms with Crippen molar-refractivity contribution in [1.82, 2.24) is 4.90 Å². The predicted octanol–water partition coefficient (Wildman–Crippen LogP) is 5.74. The average Bonchev–Trinajstić information content (AvgIpc) is 3.12. The van der Waals surface area contributed by atoms with Gasteiger partial charge in [0, 0.05) is 11.3 Å². The van der Waals surface area contributed by atoms with E-state index in [-0.39, 0.29) is 17.3 Å². The first kappa shape index (κ1) is 25.3. The van der Waals surface area contributed by atoms with E-state index >= 15 is 0 Å². The fraction of sp³-hybridized carbons (Fsp3) is 0.115. The molecule has 1 fully saturated rings. The predicted molar refractivity (Wildman–Crippen MR) is 136 cm³/mol. The second-order valence-electron chi connectivity index (χ2n) is 7.62. The number of anilines is 1. The largest absolute Gasteiger partial charge is 0.495 e. The Morgan fingerprint density at radius 2 is 1.83 bits per heavy atom. The minimum Gasteiger partial charge on any atom is -0.495 e. The normalized spacial score (nSPS) is 14.3. The molecule has 36 heavy (non-hydrogen) atoms. The first-order chi connectivity index (χ1) is 17.3. The number of nitrogens with one attached hydrogen (secondary N) is 1. The summed E-state index contributed by atoms with van der Waals surface area (Å²) in [6, 6.07) is 17.7. The maximum atomic E-state index is 13.1. The van der Waals surface area contributed by atoms with Gasteiger partial charge in [-0.25, -0.2) is 4.39 Å². The van der Waals surface area contributed by atoms with Crippen LogP contribution in [0.5, 0.6) is 11.5 Å². The van der Waals surface area contributed by atoms with E-state index in [1.54, 1.807) is 54.6 Å². The SMILES string of the molecule is COc1ccc(NC(=O)CN2C(=O)S/C(=C\c3ccccc3OCc3ccc(F)cc3)C2=O)cc1Cl. The number of nitrogens with zero attached hydrogens (tertiary/aromatic N) is 1. The Hall–Kier alpha value is -3.82. The Morgan fingerprint density at radius 3 is 2.56 bits per heavy atom. The van der Waals surface area contributed by atoms with Gasteiger partial charge in [-0.15, -0.1) is 0 Å². The van der Waals surface area contributed by atoms with Gasteiger partial charge in [-0.05, 0) is 59.8 Å². The Bertz CT molecular complexity index is 1350. The summed E-state index contributed by atoms with van der Waals surface area (Å²) in [5, 5.41) is 2.37. The van der Waals surface area contributed by atoms with Crippen molar-refractivity contribution in [3.05, 3.63) is 93.6 Å². The van der Waals surface area contributed by atoms with Crippen LogP contribution in [0.2, 0.25) is 5.02 Å². The summed E-state index contributed by atoms with van der Waals surface area (Å²) in [5.74, 6) is -0.532. The van der Waals surface area contributed by atoms with Gasteiger partial charge in [0.05, 0.1) is 17.0 Å². The number of imide groups is 1. The van der Waals surface area contributed by atoms with Crippen LogP contribution in [0, 0.1) is 5.82 Å². The monoisotopic (exact) mass is 526 g/mol. The Balaban J connectivity index is 1.43. The molecule has 3 aromatic carbocycles. The van der Waals surface area contributed by atoms with E-state index < -0.39 is 23.6 Å². The Morgan fingerprint density at radius 1 is 1.08 bits per heavy atom. The highest BCUT2D eigenvalue weighted by atomic mass is 35.5. The van der Waals surface area contributed by atoms with Crippen molar-refractivity contribution in [3.63, 3.8) is 0 Å². The van der Waals surface area contributed by atoms with Gasteiger partial charge in [0.2, 0.25) is 5.91 Å². The second kappa shape index (κ2) is 11.3. The number of rotatable bonds is 8. The molecule has 0 radical (unpaired) electrons. The number of para-hydroxylation sites is 1. The van der Waals surface area contributed by atoms with E-state index in [9.17, 15) is 18.8 Å². The van der Waals surface area contributed by atoms with Gasteiger partial charge in [0.15, 0.2) is 0 Å². The van der Waals surface area contributed by atoms with Gasteiger partial charge in [-0.3, -0.25) is 19.3 Å². The molecular formula is C26H20ClFN2O5S. The van der Waals surface area contributed by atoms with Gasteiger partial charge in [0.25, 0.3) is 11.1 Å². The molecule has 0 spiro atoms. The van der Waals surface area contributed by atoms with Crippen LogP contribution in [0.15, 0.2) is 71.6 Å². The molecule has 1 saturated heterocycles. The van der Waals surface area contributed by atoms with E-state index in [0.29, 0.717) is 27.8 Å². The number of ether oxygens (including phenoxy) is 2. The number of methoxy groups -OCH3 is 1. The first-order valence-corrected chi connectivity index (χ1v) is 11.9. The fourth-order valence-corrected chi connectivity index (χ4v) is 4.43. The second-order valence-corrected chi connectivity index (χ2v) is 9.02. The zero-order valence-corrected chi connectivity index (χ0v) is 20.6. The topological polar surface area (TPSA) is 84.9 Å². The molecule has 4 rings (SSSR count). The highest BCUT2D eigenvalue weighted by Crippen LogP contribution is 2.34. The van der Waals surface area contributed by atoms with E-state index in [2.05, 4.69) is 5.32 Å². The molecule has 3 amide bonds. The van der Waals surface area contributed by atoms with Crippen molar-refractivity contribution in [1.29, 1.82) is 0 Å². The molecule has 0 aliphatic carbocycles. The van der Waals surface area contributed by atoms with Gasteiger partial charge in [-0.2, -0.15) is 0 Å². The van der Waals surface area contributed by atoms with Crippen LogP contribution in [0.4, 0.5) is 14.9 Å². The fourth-order valence-electron chi connectivity index (χ4n) is 3.34. The molecule has 7 nitrogen and oxygen atoms in total. The molecule has 0 atom stereocenters. The molecule has 1 heterocycles. The molecule has 1 N–H and O–H groups in total. The highest BCUT2D eigenvalue weighted by Gasteiger charge is 2.36. The minimum absolute atomic E-state index is 0.165. The molecule has 1 aliphatic heterocycles. The zero-order chi connectivity index (χ0) is 25.7. The number of hydrogen-bond donors (Lipinski definition) is 1. The number of thioether (sulfide) groups is 1. The van der Waals surface area contributed by atoms with Gasteiger partial charge < -0.3 is 14.8 Å². The summed E-state index contributed by atoms with van der Waals surface area (Å²) in [6.45, 7) is -0.253. The van der Waals surface area contributed by atoms with Crippen molar-refractivity contribution in [2.45, 2.75) is 6.61 Å². The van der Waals surface area contributed by atoms with Crippen LogP contribution >= 0.6 is 23.4 Å². The summed E-state index contributed by atoms with van der Waals surface area (Å²) in [7, 11) is 1.48. The number of hydrogen-bond acceptors (Lipinski definition) is 6. The molecule has 0 saturated carbocycles. The number of carbonyl (C=O) groups is 3.